The lowest BCUT2D eigenvalue weighted by Gasteiger charge is -2.28. The Morgan fingerprint density at radius 2 is 2.11 bits per heavy atom. The van der Waals surface area contributed by atoms with Gasteiger partial charge in [-0.1, -0.05) is 18.2 Å². The van der Waals surface area contributed by atoms with Crippen LogP contribution in [0.25, 0.3) is 0 Å². The molecule has 1 saturated heterocycles. The highest BCUT2D eigenvalue weighted by Crippen LogP contribution is 2.23. The number of rotatable bonds is 9. The lowest BCUT2D eigenvalue weighted by Crippen LogP contribution is -2.37. The summed E-state index contributed by atoms with van der Waals surface area (Å²) in [4.78, 5) is 17.0. The minimum Gasteiger partial charge on any atom is -0.501 e. The molecule has 10 heteroatoms. The molecule has 0 N–H and O–H groups in total. The Kier molecular flexibility index (Phi) is 8.85. The number of morpholine rings is 1. The molecular formula is C25H32N6O3S. The zero-order chi connectivity index (χ0) is 24.5. The maximum atomic E-state index is 5.99. The van der Waals surface area contributed by atoms with Crippen LogP contribution in [0.15, 0.2) is 52.3 Å². The largest absolute Gasteiger partial charge is 0.501 e. The molecule has 186 valence electrons. The average molecular weight is 497 g/mol. The van der Waals surface area contributed by atoms with Crippen LogP contribution in [0.3, 0.4) is 0 Å². The van der Waals surface area contributed by atoms with Crippen LogP contribution < -0.4 is 14.6 Å². The number of aromatic nitrogens is 3. The standard InChI is InChI=1S/C25H32N6O3S/c1-19-22(35-18-26-19)9-12-34-25-28-23(16-24(29-25)31-10-13-33-14-11-31)30(2)27-17-20-7-5-4-6-8-21(15-20)32-3/h4,6-7,15-18H,5,8-14H2,1-3H3/b6-4-,20-7+,21-15+,27-17+. The summed E-state index contributed by atoms with van der Waals surface area (Å²) in [6, 6.07) is 2.28. The lowest BCUT2D eigenvalue weighted by molar-refractivity contribution is 0.122. The molecule has 0 saturated carbocycles. The first-order chi connectivity index (χ1) is 17.1. The second-order valence-electron chi connectivity index (χ2n) is 8.12. The summed E-state index contributed by atoms with van der Waals surface area (Å²) in [5.74, 6) is 2.36. The van der Waals surface area contributed by atoms with Gasteiger partial charge in [-0.2, -0.15) is 15.1 Å². The molecule has 2 aromatic heterocycles. The predicted molar refractivity (Wildman–Crippen MR) is 140 cm³/mol. The normalized spacial score (nSPS) is 20.4. The molecule has 2 aliphatic rings. The molecular weight excluding hydrogens is 464 g/mol. The Morgan fingerprint density at radius 1 is 1.26 bits per heavy atom. The number of ether oxygens (including phenoxy) is 3. The van der Waals surface area contributed by atoms with E-state index in [-0.39, 0.29) is 0 Å². The van der Waals surface area contributed by atoms with Crippen molar-refractivity contribution in [2.75, 3.05) is 57.0 Å². The van der Waals surface area contributed by atoms with Crippen LogP contribution in [-0.4, -0.2) is 68.2 Å². The van der Waals surface area contributed by atoms with E-state index in [0.29, 0.717) is 31.6 Å². The van der Waals surface area contributed by atoms with Crippen LogP contribution >= 0.6 is 11.3 Å². The van der Waals surface area contributed by atoms with Crippen LogP contribution in [0.1, 0.15) is 23.4 Å². The molecule has 0 amide bonds. The highest BCUT2D eigenvalue weighted by molar-refractivity contribution is 7.09. The van der Waals surface area contributed by atoms with Crippen molar-refractivity contribution < 1.29 is 14.2 Å². The van der Waals surface area contributed by atoms with Crippen molar-refractivity contribution in [1.29, 1.82) is 0 Å². The molecule has 9 nitrogen and oxygen atoms in total. The van der Waals surface area contributed by atoms with Crippen LogP contribution in [0, 0.1) is 6.92 Å². The fraction of sp³-hybridized carbons (Fsp3) is 0.440. The van der Waals surface area contributed by atoms with Crippen molar-refractivity contribution in [2.24, 2.45) is 5.10 Å². The molecule has 1 aliphatic heterocycles. The van der Waals surface area contributed by atoms with E-state index in [9.17, 15) is 0 Å². The third-order valence-electron chi connectivity index (χ3n) is 5.70. The quantitative estimate of drug-likeness (QED) is 0.293. The molecule has 1 fully saturated rings. The molecule has 0 spiro atoms. The Hall–Kier alpha value is -3.24. The zero-order valence-corrected chi connectivity index (χ0v) is 21.3. The number of hydrogen-bond acceptors (Lipinski definition) is 10. The van der Waals surface area contributed by atoms with E-state index in [1.807, 2.05) is 37.8 Å². The maximum Gasteiger partial charge on any atom is 0.320 e. The first-order valence-electron chi connectivity index (χ1n) is 11.7. The van der Waals surface area contributed by atoms with E-state index in [2.05, 4.69) is 43.2 Å². The van der Waals surface area contributed by atoms with Crippen LogP contribution in [0.4, 0.5) is 11.6 Å². The SMILES string of the molecule is CO/C1=C/C(/C=N/N(C)c2cc(N3CCOCC3)nc(OCCc3scnc3C)n2)=C\C/C=C\C1. The van der Waals surface area contributed by atoms with Gasteiger partial charge in [-0.25, -0.2) is 4.98 Å². The van der Waals surface area contributed by atoms with Crippen molar-refractivity contribution >= 4 is 29.2 Å². The molecule has 0 bridgehead atoms. The highest BCUT2D eigenvalue weighted by atomic mass is 32.1. The second kappa shape index (κ2) is 12.5. The summed E-state index contributed by atoms with van der Waals surface area (Å²) >= 11 is 1.64. The Balaban J connectivity index is 1.52. The van der Waals surface area contributed by atoms with Crippen molar-refractivity contribution in [1.82, 2.24) is 15.0 Å². The number of hydrazone groups is 1. The first kappa shape index (κ1) is 24.9. The van der Waals surface area contributed by atoms with Crippen LogP contribution in [-0.2, 0) is 15.9 Å². The van der Waals surface area contributed by atoms with Gasteiger partial charge in [0.25, 0.3) is 0 Å². The van der Waals surface area contributed by atoms with E-state index >= 15 is 0 Å². The number of thiazole rings is 1. The molecule has 35 heavy (non-hydrogen) atoms. The molecule has 0 radical (unpaired) electrons. The Labute approximate surface area is 210 Å². The molecule has 0 aromatic carbocycles. The van der Waals surface area contributed by atoms with Gasteiger partial charge in [-0.15, -0.1) is 11.3 Å². The van der Waals surface area contributed by atoms with E-state index < -0.39 is 0 Å². The Bertz CT molecular complexity index is 1100. The lowest BCUT2D eigenvalue weighted by atomic mass is 10.1. The van der Waals surface area contributed by atoms with Crippen molar-refractivity contribution in [3.05, 3.63) is 57.8 Å². The molecule has 0 atom stereocenters. The fourth-order valence-electron chi connectivity index (χ4n) is 3.64. The summed E-state index contributed by atoms with van der Waals surface area (Å²) in [6.07, 6.45) is 12.6. The summed E-state index contributed by atoms with van der Waals surface area (Å²) < 4.78 is 16.9. The van der Waals surface area contributed by atoms with Gasteiger partial charge >= 0.3 is 6.01 Å². The van der Waals surface area contributed by atoms with Crippen LogP contribution in [0.2, 0.25) is 0 Å². The second-order valence-corrected chi connectivity index (χ2v) is 9.06. The summed E-state index contributed by atoms with van der Waals surface area (Å²) in [5.41, 5.74) is 3.88. The minimum absolute atomic E-state index is 0.338. The summed E-state index contributed by atoms with van der Waals surface area (Å²) in [7, 11) is 3.56. The molecule has 0 unspecified atom stereocenters. The van der Waals surface area contributed by atoms with Crippen molar-refractivity contribution in [2.45, 2.75) is 26.2 Å². The highest BCUT2D eigenvalue weighted by Gasteiger charge is 2.17. The Morgan fingerprint density at radius 3 is 2.89 bits per heavy atom. The molecule has 3 heterocycles. The predicted octanol–water partition coefficient (Wildman–Crippen LogP) is 3.93. The monoisotopic (exact) mass is 496 g/mol. The van der Waals surface area contributed by atoms with Crippen molar-refractivity contribution in [3.8, 4) is 6.01 Å². The molecule has 2 aromatic rings. The van der Waals surface area contributed by atoms with Gasteiger partial charge in [-0.05, 0) is 25.0 Å². The van der Waals surface area contributed by atoms with Gasteiger partial charge in [0.15, 0.2) is 5.82 Å². The number of anilines is 2. The van der Waals surface area contributed by atoms with E-state index in [0.717, 1.165) is 55.2 Å². The smallest absolute Gasteiger partial charge is 0.320 e. The van der Waals surface area contributed by atoms with Crippen LogP contribution in [0.5, 0.6) is 6.01 Å². The van der Waals surface area contributed by atoms with Gasteiger partial charge in [-0.3, -0.25) is 5.01 Å². The van der Waals surface area contributed by atoms with Gasteiger partial charge < -0.3 is 19.1 Å². The summed E-state index contributed by atoms with van der Waals surface area (Å²) in [6.45, 7) is 5.38. The van der Waals surface area contributed by atoms with E-state index in [4.69, 9.17) is 14.2 Å². The van der Waals surface area contributed by atoms with Crippen molar-refractivity contribution in [3.63, 3.8) is 0 Å². The van der Waals surface area contributed by atoms with E-state index in [1.54, 1.807) is 23.5 Å². The van der Waals surface area contributed by atoms with E-state index in [1.165, 1.54) is 4.88 Å². The fourth-order valence-corrected chi connectivity index (χ4v) is 4.40. The number of nitrogens with zero attached hydrogens (tertiary/aromatic N) is 6. The number of methoxy groups -OCH3 is 1. The molecule has 1 aliphatic carbocycles. The summed E-state index contributed by atoms with van der Waals surface area (Å²) in [5, 5.41) is 6.38. The third-order valence-corrected chi connectivity index (χ3v) is 6.69. The van der Waals surface area contributed by atoms with Gasteiger partial charge in [0, 0.05) is 43.9 Å². The minimum atomic E-state index is 0.338. The number of hydrogen-bond donors (Lipinski definition) is 0. The molecule has 4 rings (SSSR count). The first-order valence-corrected chi connectivity index (χ1v) is 12.6. The van der Waals surface area contributed by atoms with Gasteiger partial charge in [0.2, 0.25) is 0 Å². The average Bonchev–Trinajstić information content (AvgIpc) is 3.28. The zero-order valence-electron chi connectivity index (χ0n) is 20.5. The van der Waals surface area contributed by atoms with Gasteiger partial charge in [0.1, 0.15) is 5.82 Å². The topological polar surface area (TPSA) is 85.2 Å². The number of allylic oxidation sites excluding steroid dienone is 5. The number of aryl methyl sites for hydroxylation is 1. The maximum absolute atomic E-state index is 5.99. The van der Waals surface area contributed by atoms with Gasteiger partial charge in [0.05, 0.1) is 50.1 Å². The third kappa shape index (κ3) is 7.12.